The molecule has 0 radical (unpaired) electrons. The van der Waals surface area contributed by atoms with Crippen molar-refractivity contribution in [2.75, 3.05) is 13.2 Å². The van der Waals surface area contributed by atoms with Gasteiger partial charge in [-0.2, -0.15) is 0 Å². The molecule has 262 valence electrons. The van der Waals surface area contributed by atoms with Crippen molar-refractivity contribution in [2.24, 2.45) is 0 Å². The van der Waals surface area contributed by atoms with Crippen molar-refractivity contribution in [1.82, 2.24) is 5.32 Å². The molecule has 0 aliphatic carbocycles. The number of unbranched alkanes of at least 4 members (excludes halogenated alkanes) is 29. The Morgan fingerprint density at radius 1 is 0.477 bits per heavy atom. The minimum Gasteiger partial charge on any atom is -0.464 e. The number of aliphatic hydroxyl groups is 1. The van der Waals surface area contributed by atoms with Gasteiger partial charge in [0.1, 0.15) is 0 Å². The monoisotopic (exact) mass is 624 g/mol. The van der Waals surface area contributed by atoms with Crippen LogP contribution in [-0.4, -0.2) is 36.2 Å². The van der Waals surface area contributed by atoms with E-state index in [0.717, 1.165) is 32.1 Å². The van der Waals surface area contributed by atoms with Crippen molar-refractivity contribution in [1.29, 1.82) is 0 Å². The van der Waals surface area contributed by atoms with Gasteiger partial charge in [0.05, 0.1) is 13.2 Å². The summed E-state index contributed by atoms with van der Waals surface area (Å²) in [6.07, 6.45) is 40.8. The van der Waals surface area contributed by atoms with Crippen LogP contribution in [0, 0.1) is 0 Å². The number of nitrogens with one attached hydrogen (secondary N) is 1. The zero-order valence-corrected chi connectivity index (χ0v) is 29.8. The van der Waals surface area contributed by atoms with Gasteiger partial charge in [-0.1, -0.05) is 200 Å². The van der Waals surface area contributed by atoms with Gasteiger partial charge in [0.2, 0.25) is 5.91 Å². The van der Waals surface area contributed by atoms with Crippen LogP contribution >= 0.6 is 0 Å². The number of hydrogen-bond acceptors (Lipinski definition) is 4. The minimum atomic E-state index is -0.944. The smallest absolute Gasteiger partial charge is 0.331 e. The molecular weight excluding hydrogens is 546 g/mol. The summed E-state index contributed by atoms with van der Waals surface area (Å²) in [5, 5.41) is 12.2. The molecule has 2 N–H and O–H groups in total. The number of carbonyl (C=O) groups excluding carboxylic acids is 2. The average molecular weight is 624 g/mol. The van der Waals surface area contributed by atoms with Crippen molar-refractivity contribution in [2.45, 2.75) is 225 Å². The van der Waals surface area contributed by atoms with Crippen LogP contribution in [0.5, 0.6) is 0 Å². The van der Waals surface area contributed by atoms with E-state index in [1.807, 2.05) is 0 Å². The first-order chi connectivity index (χ1) is 21.7. The second-order valence-electron chi connectivity index (χ2n) is 13.5. The minimum absolute atomic E-state index is 0.169. The molecule has 0 aliphatic heterocycles. The Labute approximate surface area is 274 Å². The SMILES string of the molecule is CCCCCCCCCCCCCCCCCCCCCCCC(=O)N[C@@H](CO)C(=O)OCCCCCCCCCCCC. The summed E-state index contributed by atoms with van der Waals surface area (Å²) in [5.41, 5.74) is 0. The Morgan fingerprint density at radius 2 is 0.773 bits per heavy atom. The maximum Gasteiger partial charge on any atom is 0.331 e. The molecule has 0 saturated carbocycles. The fourth-order valence-corrected chi connectivity index (χ4v) is 6.03. The molecule has 5 nitrogen and oxygen atoms in total. The molecular formula is C39H77NO4. The summed E-state index contributed by atoms with van der Waals surface area (Å²) in [6.45, 7) is 4.48. The van der Waals surface area contributed by atoms with Crippen molar-refractivity contribution in [3.63, 3.8) is 0 Å². The number of rotatable bonds is 36. The van der Waals surface area contributed by atoms with Gasteiger partial charge in [0.15, 0.2) is 6.04 Å². The standard InChI is InChI=1S/C39H77NO4/c1-3-5-7-9-11-13-15-16-17-18-19-20-21-22-23-24-25-26-28-30-32-34-38(42)40-37(36-41)39(43)44-35-33-31-29-27-14-12-10-8-6-4-2/h37,41H,3-36H2,1-2H3,(H,40,42)/t37-/m0/s1. The average Bonchev–Trinajstić information content (AvgIpc) is 3.03. The lowest BCUT2D eigenvalue weighted by Gasteiger charge is -2.15. The number of amides is 1. The van der Waals surface area contributed by atoms with E-state index in [0.29, 0.717) is 13.0 Å². The van der Waals surface area contributed by atoms with Crippen molar-refractivity contribution >= 4 is 11.9 Å². The van der Waals surface area contributed by atoms with E-state index in [1.54, 1.807) is 0 Å². The molecule has 1 amide bonds. The van der Waals surface area contributed by atoms with Crippen LogP contribution in [0.3, 0.4) is 0 Å². The predicted molar refractivity (Wildman–Crippen MR) is 189 cm³/mol. The van der Waals surface area contributed by atoms with Crippen LogP contribution in [-0.2, 0) is 14.3 Å². The Hall–Kier alpha value is -1.10. The fourth-order valence-electron chi connectivity index (χ4n) is 6.03. The van der Waals surface area contributed by atoms with Crippen LogP contribution in [0.15, 0.2) is 0 Å². The Balaban J connectivity index is 3.45. The van der Waals surface area contributed by atoms with Gasteiger partial charge in [-0.15, -0.1) is 0 Å². The highest BCUT2D eigenvalue weighted by Crippen LogP contribution is 2.15. The Morgan fingerprint density at radius 3 is 1.09 bits per heavy atom. The van der Waals surface area contributed by atoms with E-state index < -0.39 is 18.6 Å². The van der Waals surface area contributed by atoms with Crippen LogP contribution in [0.25, 0.3) is 0 Å². The van der Waals surface area contributed by atoms with Crippen molar-refractivity contribution in [3.05, 3.63) is 0 Å². The molecule has 0 aromatic rings. The number of aliphatic hydroxyl groups excluding tert-OH is 1. The summed E-state index contributed by atoms with van der Waals surface area (Å²) >= 11 is 0. The summed E-state index contributed by atoms with van der Waals surface area (Å²) in [5.74, 6) is -0.687. The van der Waals surface area contributed by atoms with Gasteiger partial charge in [-0.3, -0.25) is 4.79 Å². The maximum atomic E-state index is 12.2. The Bertz CT molecular complexity index is 597. The summed E-state index contributed by atoms with van der Waals surface area (Å²) in [6, 6.07) is -0.944. The van der Waals surface area contributed by atoms with Crippen LogP contribution in [0.1, 0.15) is 219 Å². The topological polar surface area (TPSA) is 75.6 Å². The molecule has 5 heteroatoms. The van der Waals surface area contributed by atoms with Crippen molar-refractivity contribution in [3.8, 4) is 0 Å². The first-order valence-electron chi connectivity index (χ1n) is 19.7. The number of ether oxygens (including phenoxy) is 1. The lowest BCUT2D eigenvalue weighted by atomic mass is 10.0. The first-order valence-corrected chi connectivity index (χ1v) is 19.7. The second-order valence-corrected chi connectivity index (χ2v) is 13.5. The van der Waals surface area contributed by atoms with E-state index in [2.05, 4.69) is 19.2 Å². The number of esters is 1. The predicted octanol–water partition coefficient (Wildman–Crippen LogP) is 11.5. The zero-order valence-electron chi connectivity index (χ0n) is 29.8. The van der Waals surface area contributed by atoms with Gasteiger partial charge in [-0.05, 0) is 12.8 Å². The highest BCUT2D eigenvalue weighted by atomic mass is 16.5. The quantitative estimate of drug-likeness (QED) is 0.0538. The Kier molecular flexibility index (Phi) is 35.5. The fraction of sp³-hybridized carbons (Fsp3) is 0.949. The molecule has 0 bridgehead atoms. The lowest BCUT2D eigenvalue weighted by Crippen LogP contribution is -2.44. The van der Waals surface area contributed by atoms with Crippen LogP contribution in [0.4, 0.5) is 0 Å². The molecule has 0 fully saturated rings. The number of carbonyl (C=O) groups is 2. The maximum absolute atomic E-state index is 12.2. The van der Waals surface area contributed by atoms with Gasteiger partial charge < -0.3 is 15.2 Å². The third kappa shape index (κ3) is 32.3. The molecule has 0 aliphatic rings. The molecule has 0 heterocycles. The van der Waals surface area contributed by atoms with Gasteiger partial charge in [0.25, 0.3) is 0 Å². The summed E-state index contributed by atoms with van der Waals surface area (Å²) in [4.78, 5) is 24.5. The van der Waals surface area contributed by atoms with Crippen LogP contribution in [0.2, 0.25) is 0 Å². The van der Waals surface area contributed by atoms with Gasteiger partial charge >= 0.3 is 5.97 Å². The molecule has 0 aromatic carbocycles. The van der Waals surface area contributed by atoms with E-state index >= 15 is 0 Å². The normalized spacial score (nSPS) is 12.0. The highest BCUT2D eigenvalue weighted by Gasteiger charge is 2.21. The van der Waals surface area contributed by atoms with Gasteiger partial charge in [-0.25, -0.2) is 4.79 Å². The highest BCUT2D eigenvalue weighted by molar-refractivity contribution is 5.84. The van der Waals surface area contributed by atoms with Gasteiger partial charge in [0, 0.05) is 6.42 Å². The second kappa shape index (κ2) is 36.4. The molecule has 44 heavy (non-hydrogen) atoms. The molecule has 0 saturated heterocycles. The molecule has 0 unspecified atom stereocenters. The third-order valence-corrected chi connectivity index (χ3v) is 9.05. The van der Waals surface area contributed by atoms with E-state index in [4.69, 9.17) is 4.74 Å². The lowest BCUT2D eigenvalue weighted by molar-refractivity contribution is -0.149. The molecule has 0 spiro atoms. The molecule has 0 rings (SSSR count). The molecule has 1 atom stereocenters. The van der Waals surface area contributed by atoms with E-state index in [9.17, 15) is 14.7 Å². The van der Waals surface area contributed by atoms with E-state index in [-0.39, 0.29) is 5.91 Å². The first kappa shape index (κ1) is 42.9. The zero-order chi connectivity index (χ0) is 32.2. The van der Waals surface area contributed by atoms with Crippen molar-refractivity contribution < 1.29 is 19.4 Å². The van der Waals surface area contributed by atoms with E-state index in [1.165, 1.54) is 167 Å². The summed E-state index contributed by atoms with van der Waals surface area (Å²) < 4.78 is 5.30. The third-order valence-electron chi connectivity index (χ3n) is 9.05. The number of hydrogen-bond donors (Lipinski definition) is 2. The summed E-state index contributed by atoms with van der Waals surface area (Å²) in [7, 11) is 0. The largest absolute Gasteiger partial charge is 0.464 e. The molecule has 0 aromatic heterocycles. The van der Waals surface area contributed by atoms with Crippen LogP contribution < -0.4 is 5.32 Å².